The molecule has 0 aliphatic heterocycles. The van der Waals surface area contributed by atoms with Crippen molar-refractivity contribution in [1.82, 2.24) is 5.32 Å². The van der Waals surface area contributed by atoms with Gasteiger partial charge in [0.2, 0.25) is 0 Å². The normalized spacial score (nSPS) is 13.9. The Bertz CT molecular complexity index is 359. The summed E-state index contributed by atoms with van der Waals surface area (Å²) in [5.74, 6) is -4.09. The molecule has 7 heteroatoms. The number of thiophene rings is 1. The second-order valence-corrected chi connectivity index (χ2v) is 5.34. The fraction of sp³-hybridized carbons (Fsp3) is 0.692. The third-order valence-electron chi connectivity index (χ3n) is 2.68. The first-order chi connectivity index (χ1) is 9.45. The quantitative estimate of drug-likeness (QED) is 0.667. The molecule has 1 aromatic rings. The van der Waals surface area contributed by atoms with Gasteiger partial charge >= 0.3 is 12.3 Å². The average molecular weight is 313 g/mol. The van der Waals surface area contributed by atoms with Gasteiger partial charge in [0.1, 0.15) is 6.61 Å². The van der Waals surface area contributed by atoms with Gasteiger partial charge in [-0.1, -0.05) is 6.92 Å². The monoisotopic (exact) mass is 313 g/mol. The topological polar surface area (TPSA) is 21.3 Å². The first-order valence-corrected chi connectivity index (χ1v) is 7.38. The molecule has 1 heterocycles. The van der Waals surface area contributed by atoms with Gasteiger partial charge < -0.3 is 10.1 Å². The van der Waals surface area contributed by atoms with Crippen molar-refractivity contribution in [3.63, 3.8) is 0 Å². The molecule has 0 bridgehead atoms. The number of alkyl halides is 4. The SMILES string of the molecule is CCCNC(COCC(F)(F)C(F)F)Cc1ccsc1. The van der Waals surface area contributed by atoms with Crippen LogP contribution in [-0.2, 0) is 11.2 Å². The Morgan fingerprint density at radius 3 is 2.70 bits per heavy atom. The van der Waals surface area contributed by atoms with E-state index in [4.69, 9.17) is 4.74 Å². The van der Waals surface area contributed by atoms with Crippen LogP contribution in [0.2, 0.25) is 0 Å². The highest BCUT2D eigenvalue weighted by Gasteiger charge is 2.41. The Morgan fingerprint density at radius 2 is 2.15 bits per heavy atom. The van der Waals surface area contributed by atoms with E-state index in [-0.39, 0.29) is 12.6 Å². The number of nitrogens with one attached hydrogen (secondary N) is 1. The summed E-state index contributed by atoms with van der Waals surface area (Å²) < 4.78 is 54.2. The van der Waals surface area contributed by atoms with E-state index in [1.165, 1.54) is 0 Å². The van der Waals surface area contributed by atoms with Crippen LogP contribution in [0.3, 0.4) is 0 Å². The van der Waals surface area contributed by atoms with Gasteiger partial charge in [-0.15, -0.1) is 0 Å². The second-order valence-electron chi connectivity index (χ2n) is 4.56. The predicted molar refractivity (Wildman–Crippen MR) is 71.9 cm³/mol. The zero-order chi connectivity index (χ0) is 15.0. The molecule has 0 aliphatic rings. The average Bonchev–Trinajstić information content (AvgIpc) is 2.88. The molecule has 0 fully saturated rings. The summed E-state index contributed by atoms with van der Waals surface area (Å²) in [4.78, 5) is 0. The molecule has 1 rings (SSSR count). The molecule has 0 radical (unpaired) electrons. The van der Waals surface area contributed by atoms with Crippen LogP contribution < -0.4 is 5.32 Å². The fourth-order valence-corrected chi connectivity index (χ4v) is 2.31. The number of halogens is 4. The summed E-state index contributed by atoms with van der Waals surface area (Å²) in [5.41, 5.74) is 1.08. The highest BCUT2D eigenvalue weighted by molar-refractivity contribution is 7.07. The number of hydrogen-bond acceptors (Lipinski definition) is 3. The molecule has 0 saturated carbocycles. The first-order valence-electron chi connectivity index (χ1n) is 6.44. The van der Waals surface area contributed by atoms with Crippen molar-refractivity contribution in [2.45, 2.75) is 38.2 Å². The summed E-state index contributed by atoms with van der Waals surface area (Å²) in [6, 6.07) is 1.79. The third kappa shape index (κ3) is 6.19. The van der Waals surface area contributed by atoms with E-state index in [0.29, 0.717) is 6.42 Å². The molecule has 1 N–H and O–H groups in total. The van der Waals surface area contributed by atoms with Crippen molar-refractivity contribution in [1.29, 1.82) is 0 Å². The number of ether oxygens (including phenoxy) is 1. The summed E-state index contributed by atoms with van der Waals surface area (Å²) in [6.07, 6.45) is -2.17. The molecular formula is C13H19F4NOS. The van der Waals surface area contributed by atoms with Gasteiger partial charge in [-0.3, -0.25) is 0 Å². The molecule has 0 spiro atoms. The minimum atomic E-state index is -4.09. The summed E-state index contributed by atoms with van der Waals surface area (Å²) in [5, 5.41) is 7.07. The predicted octanol–water partition coefficient (Wildman–Crippen LogP) is 3.58. The lowest BCUT2D eigenvalue weighted by Crippen LogP contribution is -2.39. The second kappa shape index (κ2) is 8.59. The lowest BCUT2D eigenvalue weighted by molar-refractivity contribution is -0.167. The van der Waals surface area contributed by atoms with E-state index in [1.807, 2.05) is 23.8 Å². The van der Waals surface area contributed by atoms with E-state index in [0.717, 1.165) is 18.5 Å². The number of rotatable bonds is 10. The first kappa shape index (κ1) is 17.4. The highest BCUT2D eigenvalue weighted by Crippen LogP contribution is 2.23. The molecule has 1 atom stereocenters. The van der Waals surface area contributed by atoms with E-state index in [1.54, 1.807) is 11.3 Å². The molecule has 1 unspecified atom stereocenters. The van der Waals surface area contributed by atoms with Crippen molar-refractivity contribution in [3.05, 3.63) is 22.4 Å². The Kier molecular flexibility index (Phi) is 7.47. The minimum Gasteiger partial charge on any atom is -0.373 e. The largest absolute Gasteiger partial charge is 0.373 e. The minimum absolute atomic E-state index is 0.0157. The van der Waals surface area contributed by atoms with Crippen LogP contribution in [0.25, 0.3) is 0 Å². The molecule has 0 saturated heterocycles. The van der Waals surface area contributed by atoms with Crippen LogP contribution in [0.5, 0.6) is 0 Å². The van der Waals surface area contributed by atoms with Gasteiger partial charge in [0.05, 0.1) is 6.61 Å². The maximum atomic E-state index is 12.7. The summed E-state index contributed by atoms with van der Waals surface area (Å²) in [7, 11) is 0. The Balaban J connectivity index is 2.40. The molecule has 1 aromatic heterocycles. The molecule has 0 aliphatic carbocycles. The maximum Gasteiger partial charge on any atom is 0.330 e. The van der Waals surface area contributed by atoms with Crippen molar-refractivity contribution in [3.8, 4) is 0 Å². The Morgan fingerprint density at radius 1 is 1.40 bits per heavy atom. The maximum absolute atomic E-state index is 12.7. The molecule has 20 heavy (non-hydrogen) atoms. The smallest absolute Gasteiger partial charge is 0.330 e. The fourth-order valence-electron chi connectivity index (χ4n) is 1.63. The van der Waals surface area contributed by atoms with Crippen molar-refractivity contribution in [2.75, 3.05) is 19.8 Å². The van der Waals surface area contributed by atoms with Crippen LogP contribution >= 0.6 is 11.3 Å². The summed E-state index contributed by atoms with van der Waals surface area (Å²) >= 11 is 1.55. The lowest BCUT2D eigenvalue weighted by atomic mass is 10.1. The van der Waals surface area contributed by atoms with Gasteiger partial charge in [0.15, 0.2) is 0 Å². The van der Waals surface area contributed by atoms with Gasteiger partial charge in [0, 0.05) is 6.04 Å². The lowest BCUT2D eigenvalue weighted by Gasteiger charge is -2.20. The molecule has 116 valence electrons. The van der Waals surface area contributed by atoms with Crippen LogP contribution in [0, 0.1) is 0 Å². The van der Waals surface area contributed by atoms with Crippen LogP contribution in [0.4, 0.5) is 17.6 Å². The molecule has 0 amide bonds. The van der Waals surface area contributed by atoms with Crippen LogP contribution in [-0.4, -0.2) is 38.1 Å². The van der Waals surface area contributed by atoms with E-state index in [2.05, 4.69) is 5.32 Å². The van der Waals surface area contributed by atoms with E-state index < -0.39 is 19.0 Å². The van der Waals surface area contributed by atoms with E-state index in [9.17, 15) is 17.6 Å². The molecular weight excluding hydrogens is 294 g/mol. The van der Waals surface area contributed by atoms with E-state index >= 15 is 0 Å². The Labute approximate surface area is 120 Å². The molecule has 0 aromatic carbocycles. The van der Waals surface area contributed by atoms with Gasteiger partial charge in [-0.25, -0.2) is 8.78 Å². The van der Waals surface area contributed by atoms with Gasteiger partial charge in [-0.05, 0) is 41.8 Å². The summed E-state index contributed by atoms with van der Waals surface area (Å²) in [6.45, 7) is 1.45. The zero-order valence-electron chi connectivity index (χ0n) is 11.3. The van der Waals surface area contributed by atoms with Crippen LogP contribution in [0.1, 0.15) is 18.9 Å². The highest BCUT2D eigenvalue weighted by atomic mass is 32.1. The number of hydrogen-bond donors (Lipinski definition) is 1. The standard InChI is InChI=1S/C13H19F4NOS/c1-2-4-18-11(6-10-3-5-20-8-10)7-19-9-13(16,17)12(14)15/h3,5,8,11-12,18H,2,4,6-7,9H2,1H3. The van der Waals surface area contributed by atoms with Gasteiger partial charge in [-0.2, -0.15) is 20.1 Å². The molecule has 2 nitrogen and oxygen atoms in total. The Hall–Kier alpha value is -0.660. The third-order valence-corrected chi connectivity index (χ3v) is 3.41. The van der Waals surface area contributed by atoms with Gasteiger partial charge in [0.25, 0.3) is 0 Å². The van der Waals surface area contributed by atoms with Crippen molar-refractivity contribution in [2.24, 2.45) is 0 Å². The zero-order valence-corrected chi connectivity index (χ0v) is 12.1. The van der Waals surface area contributed by atoms with Crippen molar-refractivity contribution < 1.29 is 22.3 Å². The van der Waals surface area contributed by atoms with Crippen LogP contribution in [0.15, 0.2) is 16.8 Å². The van der Waals surface area contributed by atoms with Crippen molar-refractivity contribution >= 4 is 11.3 Å².